The Morgan fingerprint density at radius 1 is 1.12 bits per heavy atom. The number of nitrogens with zero attached hydrogens (tertiary/aromatic N) is 1. The van der Waals surface area contributed by atoms with Crippen molar-refractivity contribution in [2.45, 2.75) is 103 Å². The summed E-state index contributed by atoms with van der Waals surface area (Å²) < 4.78 is 35.3. The molecule has 0 aromatic heterocycles. The number of piperidine rings is 1. The van der Waals surface area contributed by atoms with Crippen molar-refractivity contribution < 1.29 is 66.8 Å². The summed E-state index contributed by atoms with van der Waals surface area (Å²) in [5.74, 6) is -2.55. The summed E-state index contributed by atoms with van der Waals surface area (Å²) in [4.78, 5) is 54.7. The van der Waals surface area contributed by atoms with Crippen molar-refractivity contribution in [3.05, 3.63) is 0 Å². The number of hydrogen-bond donors (Lipinski definition) is 4. The predicted molar refractivity (Wildman–Crippen MR) is 148 cm³/mol. The predicted octanol–water partition coefficient (Wildman–Crippen LogP) is -2.54. The van der Waals surface area contributed by atoms with E-state index in [0.29, 0.717) is 19.5 Å². The standard InChI is InChI=1S/C28H46N4O8S.Na/c1-27(2,3)26(37)31-20(15-9-7-6-8-10-15)24(35)32-14-17-19(28(17,4)5)21(32)23(34)30-18(25(36)41(38,39)40)13-16-11-12-29-22(16)33;/h15-21,25,36H,6-14H2,1-5H3,(H,29,33)(H,30,34)(H,31,37)(H,38,39,40);/q;+1/p-1/t16-,17-,18-,19-,20-,21-,25?;/m0./s1. The number of nitrogens with one attached hydrogen (secondary N) is 3. The second-order valence-electron chi connectivity index (χ2n) is 14.0. The van der Waals surface area contributed by atoms with Crippen molar-refractivity contribution in [2.75, 3.05) is 13.1 Å². The normalized spacial score (nSPS) is 29.4. The summed E-state index contributed by atoms with van der Waals surface area (Å²) in [6, 6.07) is -3.29. The van der Waals surface area contributed by atoms with Gasteiger partial charge in [0, 0.05) is 24.4 Å². The molecule has 232 valence electrons. The molecule has 2 heterocycles. The molecule has 2 saturated carbocycles. The Kier molecular flexibility index (Phi) is 10.9. The first-order chi connectivity index (χ1) is 18.9. The van der Waals surface area contributed by atoms with Crippen LogP contribution in [0.5, 0.6) is 0 Å². The van der Waals surface area contributed by atoms with Crippen LogP contribution in [0.1, 0.15) is 79.6 Å². The van der Waals surface area contributed by atoms with E-state index >= 15 is 0 Å². The minimum atomic E-state index is -5.21. The monoisotopic (exact) mass is 620 g/mol. The van der Waals surface area contributed by atoms with Crippen molar-refractivity contribution in [1.82, 2.24) is 20.9 Å². The molecule has 4 fully saturated rings. The van der Waals surface area contributed by atoms with Gasteiger partial charge in [-0.1, -0.05) is 53.9 Å². The van der Waals surface area contributed by atoms with Gasteiger partial charge >= 0.3 is 29.6 Å². The van der Waals surface area contributed by atoms with E-state index in [1.165, 1.54) is 4.90 Å². The number of amides is 4. The number of carbonyl (C=O) groups is 4. The molecule has 4 rings (SSSR count). The molecule has 4 aliphatic rings. The molecule has 0 bridgehead atoms. The fraction of sp³-hybridized carbons (Fsp3) is 0.857. The molecule has 42 heavy (non-hydrogen) atoms. The number of rotatable bonds is 9. The van der Waals surface area contributed by atoms with Crippen molar-refractivity contribution in [2.24, 2.45) is 34.5 Å². The molecular formula is C28H45N4NaO8S. The van der Waals surface area contributed by atoms with E-state index in [1.807, 2.05) is 13.8 Å². The van der Waals surface area contributed by atoms with Crippen LogP contribution >= 0.6 is 0 Å². The summed E-state index contributed by atoms with van der Waals surface area (Å²) in [6.07, 6.45) is 4.65. The van der Waals surface area contributed by atoms with Crippen LogP contribution < -0.4 is 45.5 Å². The van der Waals surface area contributed by atoms with E-state index in [4.69, 9.17) is 0 Å². The first kappa shape index (κ1) is 35.2. The van der Waals surface area contributed by atoms with E-state index in [9.17, 15) is 37.3 Å². The third kappa shape index (κ3) is 7.34. The van der Waals surface area contributed by atoms with E-state index in [0.717, 1.165) is 32.1 Å². The molecule has 4 amide bonds. The third-order valence-electron chi connectivity index (χ3n) is 9.78. The number of hydrogen-bond acceptors (Lipinski definition) is 8. The van der Waals surface area contributed by atoms with Gasteiger partial charge in [-0.2, -0.15) is 0 Å². The Hall–Kier alpha value is -1.25. The second kappa shape index (κ2) is 13.0. The van der Waals surface area contributed by atoms with Gasteiger partial charge in [-0.25, -0.2) is 8.42 Å². The van der Waals surface area contributed by atoms with Crippen LogP contribution in [0.4, 0.5) is 0 Å². The van der Waals surface area contributed by atoms with Crippen molar-refractivity contribution in [1.29, 1.82) is 0 Å². The summed E-state index contributed by atoms with van der Waals surface area (Å²) >= 11 is 0. The van der Waals surface area contributed by atoms with E-state index in [2.05, 4.69) is 16.0 Å². The summed E-state index contributed by atoms with van der Waals surface area (Å²) in [5.41, 5.74) is -3.43. The molecule has 0 radical (unpaired) electrons. The zero-order valence-corrected chi connectivity index (χ0v) is 28.5. The Bertz CT molecular complexity index is 1170. The molecule has 2 aliphatic heterocycles. The molecule has 0 spiro atoms. The van der Waals surface area contributed by atoms with Gasteiger partial charge in [0.2, 0.25) is 23.6 Å². The first-order valence-electron chi connectivity index (χ1n) is 14.8. The zero-order valence-electron chi connectivity index (χ0n) is 25.6. The molecule has 2 saturated heterocycles. The van der Waals surface area contributed by atoms with Gasteiger partial charge in [-0.3, -0.25) is 19.2 Å². The average Bonchev–Trinajstić information content (AvgIpc) is 3.23. The van der Waals surface area contributed by atoms with E-state index in [-0.39, 0.29) is 76.9 Å². The van der Waals surface area contributed by atoms with Gasteiger partial charge in [-0.05, 0) is 48.9 Å². The maximum atomic E-state index is 14.2. The molecule has 14 heteroatoms. The second-order valence-corrected chi connectivity index (χ2v) is 15.5. The van der Waals surface area contributed by atoms with Crippen LogP contribution in [0.15, 0.2) is 0 Å². The molecule has 2 aliphatic carbocycles. The van der Waals surface area contributed by atoms with E-state index in [1.54, 1.807) is 20.8 Å². The Morgan fingerprint density at radius 3 is 2.26 bits per heavy atom. The summed E-state index contributed by atoms with van der Waals surface area (Å²) in [7, 11) is -5.21. The Morgan fingerprint density at radius 2 is 1.74 bits per heavy atom. The first-order valence-corrected chi connectivity index (χ1v) is 16.2. The summed E-state index contributed by atoms with van der Waals surface area (Å²) in [6.45, 7) is 10.00. The van der Waals surface area contributed by atoms with Gasteiger partial charge in [0.25, 0.3) is 0 Å². The Labute approximate surface area is 270 Å². The third-order valence-corrected chi connectivity index (χ3v) is 10.7. The Balaban J connectivity index is 0.00000484. The van der Waals surface area contributed by atoms with Crippen LogP contribution in [-0.4, -0.2) is 83.3 Å². The summed E-state index contributed by atoms with van der Waals surface area (Å²) in [5, 5.41) is 18.6. The minimum Gasteiger partial charge on any atom is -0.746 e. The molecule has 0 aromatic rings. The van der Waals surface area contributed by atoms with Crippen LogP contribution in [-0.2, 0) is 29.3 Å². The van der Waals surface area contributed by atoms with Gasteiger partial charge < -0.3 is 30.5 Å². The minimum absolute atomic E-state index is 0. The molecule has 12 nitrogen and oxygen atoms in total. The van der Waals surface area contributed by atoms with Crippen LogP contribution in [0.3, 0.4) is 0 Å². The SMILES string of the molecule is CC(C)(C)C(=O)N[C@H](C(=O)N1C[C@H]2[C@@H]([C@H]1C(=O)N[C@@H](C[C@@H]1CCNC1=O)C(O)S(=O)(=O)[O-])C2(C)C)C1CCCCC1.[Na+]. The van der Waals surface area contributed by atoms with Crippen molar-refractivity contribution in [3.63, 3.8) is 0 Å². The van der Waals surface area contributed by atoms with Crippen LogP contribution in [0.25, 0.3) is 0 Å². The van der Waals surface area contributed by atoms with Crippen molar-refractivity contribution >= 4 is 33.7 Å². The largest absolute Gasteiger partial charge is 1.00 e. The molecular weight excluding hydrogens is 575 g/mol. The number of carbonyl (C=O) groups excluding carboxylic acids is 4. The smallest absolute Gasteiger partial charge is 0.746 e. The molecule has 1 unspecified atom stereocenters. The topological polar surface area (TPSA) is 185 Å². The quantitative estimate of drug-likeness (QED) is 0.160. The number of aliphatic hydroxyl groups excluding tert-OH is 1. The van der Waals surface area contributed by atoms with Crippen LogP contribution in [0, 0.1) is 34.5 Å². The molecule has 0 aromatic carbocycles. The maximum absolute atomic E-state index is 14.2. The van der Waals surface area contributed by atoms with Gasteiger partial charge in [0.15, 0.2) is 5.44 Å². The fourth-order valence-electron chi connectivity index (χ4n) is 7.09. The van der Waals surface area contributed by atoms with Gasteiger partial charge in [0.05, 0.1) is 6.04 Å². The van der Waals surface area contributed by atoms with Crippen molar-refractivity contribution in [3.8, 4) is 0 Å². The van der Waals surface area contributed by atoms with E-state index < -0.39 is 50.9 Å². The average molecular weight is 621 g/mol. The molecule has 7 atom stereocenters. The number of likely N-dealkylation sites (tertiary alicyclic amines) is 1. The zero-order chi connectivity index (χ0) is 30.5. The maximum Gasteiger partial charge on any atom is 1.00 e. The number of fused-ring (bicyclic) bond motifs is 1. The van der Waals surface area contributed by atoms with Crippen LogP contribution in [0.2, 0.25) is 0 Å². The number of aliphatic hydroxyl groups is 1. The fourth-order valence-corrected chi connectivity index (χ4v) is 7.67. The van der Waals surface area contributed by atoms with Gasteiger partial charge in [-0.15, -0.1) is 0 Å². The molecule has 4 N–H and O–H groups in total. The van der Waals surface area contributed by atoms with Gasteiger partial charge in [0.1, 0.15) is 22.2 Å².